The van der Waals surface area contributed by atoms with Crippen LogP contribution in [0.1, 0.15) is 31.9 Å². The number of nitrogens with zero attached hydrogens (tertiary/aromatic N) is 1. The molecular formula is C27H34N4O2. The highest BCUT2D eigenvalue weighted by Gasteiger charge is 2.32. The first-order valence-corrected chi connectivity index (χ1v) is 10.9. The Balaban J connectivity index is 0.00000187. The predicted molar refractivity (Wildman–Crippen MR) is 136 cm³/mol. The van der Waals surface area contributed by atoms with Gasteiger partial charge in [0.15, 0.2) is 5.85 Å². The van der Waals surface area contributed by atoms with Crippen molar-refractivity contribution in [2.75, 3.05) is 25.5 Å². The van der Waals surface area contributed by atoms with E-state index in [-0.39, 0.29) is 0 Å². The number of rotatable bonds is 7. The number of ether oxygens (including phenoxy) is 1. The molecule has 0 radical (unpaired) electrons. The monoisotopic (exact) mass is 446 g/mol. The van der Waals surface area contributed by atoms with E-state index in [0.717, 1.165) is 58.1 Å². The van der Waals surface area contributed by atoms with Crippen LogP contribution in [0.15, 0.2) is 71.8 Å². The van der Waals surface area contributed by atoms with Gasteiger partial charge in [-0.05, 0) is 62.6 Å². The van der Waals surface area contributed by atoms with Gasteiger partial charge in [0, 0.05) is 42.2 Å². The number of nitrogens with one attached hydrogen (secondary N) is 3. The maximum atomic E-state index is 10.7. The van der Waals surface area contributed by atoms with Gasteiger partial charge in [0.2, 0.25) is 0 Å². The minimum absolute atomic E-state index is 0.726. The average molecular weight is 447 g/mol. The van der Waals surface area contributed by atoms with Gasteiger partial charge in [-0.15, -0.1) is 12.8 Å². The van der Waals surface area contributed by atoms with E-state index >= 15 is 0 Å². The second kappa shape index (κ2) is 12.0. The number of aryl methyl sites for hydroxylation is 1. The van der Waals surface area contributed by atoms with Crippen molar-refractivity contribution in [2.24, 2.45) is 0 Å². The topological polar surface area (TPSA) is 78.4 Å². The van der Waals surface area contributed by atoms with Gasteiger partial charge in [-0.25, -0.2) is 4.98 Å². The van der Waals surface area contributed by atoms with Crippen molar-refractivity contribution in [1.29, 1.82) is 0 Å². The normalized spacial score (nSPS) is 16.1. The summed E-state index contributed by atoms with van der Waals surface area (Å²) in [5.74, 6) is 0.457. The predicted octanol–water partition coefficient (Wildman–Crippen LogP) is 4.41. The summed E-state index contributed by atoms with van der Waals surface area (Å²) in [5.41, 5.74) is 5.91. The Bertz CT molecular complexity index is 1060. The third-order valence-electron chi connectivity index (χ3n) is 5.47. The van der Waals surface area contributed by atoms with E-state index in [1.807, 2.05) is 76.5 Å². The Kier molecular flexibility index (Phi) is 9.43. The number of pyridine rings is 1. The van der Waals surface area contributed by atoms with Crippen LogP contribution < -0.4 is 16.0 Å². The lowest BCUT2D eigenvalue weighted by molar-refractivity contribution is -0.00236. The fourth-order valence-electron chi connectivity index (χ4n) is 3.76. The average Bonchev–Trinajstić information content (AvgIpc) is 3.30. The lowest BCUT2D eigenvalue weighted by atomic mass is 10.0. The summed E-state index contributed by atoms with van der Waals surface area (Å²) in [4.78, 5) is 4.63. The summed E-state index contributed by atoms with van der Waals surface area (Å²) in [7, 11) is 1.68. The molecule has 0 bridgehead atoms. The minimum Gasteiger partial charge on any atom is -0.496 e. The Morgan fingerprint density at radius 3 is 2.42 bits per heavy atom. The molecule has 4 N–H and O–H groups in total. The van der Waals surface area contributed by atoms with Gasteiger partial charge in [-0.2, -0.15) is 0 Å². The lowest BCUT2D eigenvalue weighted by Gasteiger charge is -2.24. The van der Waals surface area contributed by atoms with Crippen LogP contribution in [-0.2, 0) is 10.6 Å². The molecule has 0 spiro atoms. The molecule has 174 valence electrons. The van der Waals surface area contributed by atoms with Crippen LogP contribution >= 0.6 is 0 Å². The number of allylic oxidation sites excluding steroid dienone is 3. The van der Waals surface area contributed by atoms with Crippen LogP contribution in [-0.4, -0.2) is 30.3 Å². The molecule has 1 fully saturated rings. The first-order valence-electron chi connectivity index (χ1n) is 10.9. The van der Waals surface area contributed by atoms with Gasteiger partial charge >= 0.3 is 0 Å². The third kappa shape index (κ3) is 6.11. The number of hydrogen-bond donors (Lipinski definition) is 4. The molecule has 6 heteroatoms. The molecule has 1 aromatic carbocycles. The van der Waals surface area contributed by atoms with Crippen LogP contribution in [0.4, 0.5) is 5.82 Å². The van der Waals surface area contributed by atoms with Crippen molar-refractivity contribution >= 4 is 5.82 Å². The van der Waals surface area contributed by atoms with Gasteiger partial charge in [0.05, 0.1) is 7.11 Å². The lowest BCUT2D eigenvalue weighted by Crippen LogP contribution is -2.45. The fraction of sp³-hybridized carbons (Fsp3) is 0.296. The van der Waals surface area contributed by atoms with E-state index in [1.54, 1.807) is 7.11 Å². The number of benzene rings is 1. The largest absolute Gasteiger partial charge is 0.496 e. The second-order valence-corrected chi connectivity index (χ2v) is 7.57. The zero-order valence-electron chi connectivity index (χ0n) is 20.1. The van der Waals surface area contributed by atoms with E-state index < -0.39 is 5.85 Å². The quantitative estimate of drug-likeness (QED) is 0.287. The standard InChI is InChI=1S/C25H32N4O2.C2H2/c1-6-22(23(7-2)31-5)18(4)15-26-24-17(3)13-20(16-27-24)19-9-8-10-21(14-19)25(30)28-11-12-29-25;1-2/h6-10,13-16,28-30H,11-12H2,1-5H3,(H,26,27);1-2H/b18-15+,22-6-,23-7+;. The number of terminal acetylenes is 1. The number of hydrogen-bond acceptors (Lipinski definition) is 6. The summed E-state index contributed by atoms with van der Waals surface area (Å²) >= 11 is 0. The summed E-state index contributed by atoms with van der Waals surface area (Å²) < 4.78 is 5.45. The van der Waals surface area contributed by atoms with Crippen LogP contribution in [0.25, 0.3) is 11.1 Å². The van der Waals surface area contributed by atoms with Crippen molar-refractivity contribution in [3.8, 4) is 24.0 Å². The molecule has 2 aromatic rings. The summed E-state index contributed by atoms with van der Waals surface area (Å²) in [6, 6.07) is 9.97. The molecule has 1 aliphatic heterocycles. The molecule has 1 saturated heterocycles. The molecule has 1 aromatic heterocycles. The zero-order chi connectivity index (χ0) is 24.4. The smallest absolute Gasteiger partial charge is 0.199 e. The molecule has 0 saturated carbocycles. The molecular weight excluding hydrogens is 412 g/mol. The molecule has 0 atom stereocenters. The molecule has 2 heterocycles. The number of aliphatic hydroxyl groups is 1. The molecule has 33 heavy (non-hydrogen) atoms. The van der Waals surface area contributed by atoms with Gasteiger partial charge in [-0.3, -0.25) is 10.6 Å². The number of anilines is 1. The molecule has 6 nitrogen and oxygen atoms in total. The third-order valence-corrected chi connectivity index (χ3v) is 5.47. The van der Waals surface area contributed by atoms with Crippen LogP contribution in [0.2, 0.25) is 0 Å². The van der Waals surface area contributed by atoms with Crippen LogP contribution in [0.5, 0.6) is 0 Å². The first-order chi connectivity index (χ1) is 15.9. The van der Waals surface area contributed by atoms with E-state index in [0.29, 0.717) is 0 Å². The highest BCUT2D eigenvalue weighted by molar-refractivity contribution is 5.67. The van der Waals surface area contributed by atoms with Crippen molar-refractivity contribution < 1.29 is 9.84 Å². The maximum absolute atomic E-state index is 10.7. The van der Waals surface area contributed by atoms with Gasteiger partial charge in [0.1, 0.15) is 11.6 Å². The minimum atomic E-state index is -1.18. The summed E-state index contributed by atoms with van der Waals surface area (Å²) in [6.45, 7) is 9.47. The molecule has 0 amide bonds. The van der Waals surface area contributed by atoms with Crippen LogP contribution in [0.3, 0.4) is 0 Å². The van der Waals surface area contributed by atoms with Gasteiger partial charge in [-0.1, -0.05) is 24.3 Å². The molecule has 1 aliphatic rings. The Labute approximate surface area is 197 Å². The van der Waals surface area contributed by atoms with Crippen LogP contribution in [0, 0.1) is 19.8 Å². The highest BCUT2D eigenvalue weighted by atomic mass is 16.5. The van der Waals surface area contributed by atoms with Crippen molar-refractivity contribution in [2.45, 2.75) is 33.5 Å². The van der Waals surface area contributed by atoms with Gasteiger partial charge < -0.3 is 15.2 Å². The molecule has 0 unspecified atom stereocenters. The SMILES string of the molecule is C#C.C/C=C(C(/C)=C/Nc1ncc(-c2cccc(C3(O)NCCN3)c2)cc1C)\C(=C/C)OC. The highest BCUT2D eigenvalue weighted by Crippen LogP contribution is 2.27. The first kappa shape index (κ1) is 25.9. The van der Waals surface area contributed by atoms with Crippen molar-refractivity contribution in [3.63, 3.8) is 0 Å². The van der Waals surface area contributed by atoms with E-state index in [9.17, 15) is 5.11 Å². The van der Waals surface area contributed by atoms with Crippen molar-refractivity contribution in [3.05, 3.63) is 82.9 Å². The second-order valence-electron chi connectivity index (χ2n) is 7.57. The Hall–Kier alpha value is -3.37. The number of methoxy groups -OCH3 is 1. The maximum Gasteiger partial charge on any atom is 0.199 e. The van der Waals surface area contributed by atoms with E-state index in [2.05, 4.69) is 39.8 Å². The summed E-state index contributed by atoms with van der Waals surface area (Å²) in [5, 5.41) is 20.2. The Morgan fingerprint density at radius 1 is 1.15 bits per heavy atom. The number of aromatic nitrogens is 1. The summed E-state index contributed by atoms with van der Waals surface area (Å²) in [6.07, 6.45) is 15.8. The van der Waals surface area contributed by atoms with Gasteiger partial charge in [0.25, 0.3) is 0 Å². The fourth-order valence-corrected chi connectivity index (χ4v) is 3.76. The molecule has 3 rings (SSSR count). The Morgan fingerprint density at radius 2 is 1.85 bits per heavy atom. The van der Waals surface area contributed by atoms with Crippen molar-refractivity contribution in [1.82, 2.24) is 15.6 Å². The molecule has 0 aliphatic carbocycles. The van der Waals surface area contributed by atoms with E-state index in [4.69, 9.17) is 4.74 Å². The zero-order valence-corrected chi connectivity index (χ0v) is 20.1. The van der Waals surface area contributed by atoms with E-state index in [1.165, 1.54) is 0 Å².